The Balaban J connectivity index is 2.62. The number of rotatable bonds is 1. The molecule has 0 bridgehead atoms. The van der Waals surface area contributed by atoms with Crippen molar-refractivity contribution in [3.8, 4) is 17.0 Å². The van der Waals surface area contributed by atoms with E-state index in [2.05, 4.69) is 5.16 Å². The Morgan fingerprint density at radius 3 is 2.27 bits per heavy atom. The van der Waals surface area contributed by atoms with Gasteiger partial charge in [0, 0.05) is 11.6 Å². The first-order valence-electron chi connectivity index (χ1n) is 4.60. The Morgan fingerprint density at radius 1 is 1.20 bits per heavy atom. The summed E-state index contributed by atoms with van der Waals surface area (Å²) < 4.78 is 4.82. The van der Waals surface area contributed by atoms with Crippen molar-refractivity contribution < 1.29 is 9.63 Å². The smallest absolute Gasteiger partial charge is 0.222 e. The molecule has 4 heteroatoms. The summed E-state index contributed by atoms with van der Waals surface area (Å²) in [7, 11) is 0. The molecule has 1 heterocycles. The lowest BCUT2D eigenvalue weighted by molar-refractivity contribution is 0.439. The van der Waals surface area contributed by atoms with E-state index < -0.39 is 0 Å². The summed E-state index contributed by atoms with van der Waals surface area (Å²) in [5.74, 6) is 0.544. The molecular formula is C11H12N2O2. The molecule has 2 aromatic rings. The molecule has 78 valence electrons. The van der Waals surface area contributed by atoms with Crippen molar-refractivity contribution in [2.75, 3.05) is 5.73 Å². The Morgan fingerprint density at radius 2 is 1.80 bits per heavy atom. The normalized spacial score (nSPS) is 10.5. The van der Waals surface area contributed by atoms with Gasteiger partial charge in [0.2, 0.25) is 5.88 Å². The number of anilines is 1. The number of aryl methyl sites for hydroxylation is 2. The number of phenolic OH excluding ortho intramolecular Hbond substituents is 1. The molecule has 0 saturated carbocycles. The van der Waals surface area contributed by atoms with Crippen LogP contribution in [0.4, 0.5) is 5.88 Å². The monoisotopic (exact) mass is 204 g/mol. The van der Waals surface area contributed by atoms with Crippen LogP contribution in [0.1, 0.15) is 11.1 Å². The van der Waals surface area contributed by atoms with Crippen molar-refractivity contribution in [3.63, 3.8) is 0 Å². The van der Waals surface area contributed by atoms with Crippen molar-refractivity contribution in [3.05, 3.63) is 29.3 Å². The molecule has 0 fully saturated rings. The second-order valence-electron chi connectivity index (χ2n) is 3.57. The second-order valence-corrected chi connectivity index (χ2v) is 3.57. The van der Waals surface area contributed by atoms with Crippen molar-refractivity contribution >= 4 is 5.88 Å². The summed E-state index contributed by atoms with van der Waals surface area (Å²) in [6.07, 6.45) is 0. The number of nitrogens with zero attached hydrogens (tertiary/aromatic N) is 1. The van der Waals surface area contributed by atoms with E-state index in [9.17, 15) is 5.11 Å². The third-order valence-corrected chi connectivity index (χ3v) is 2.30. The number of aromatic nitrogens is 1. The minimum absolute atomic E-state index is 0.255. The molecule has 0 spiro atoms. The van der Waals surface area contributed by atoms with Crippen molar-refractivity contribution in [1.82, 2.24) is 5.16 Å². The van der Waals surface area contributed by atoms with E-state index in [-0.39, 0.29) is 11.6 Å². The predicted octanol–water partition coefficient (Wildman–Crippen LogP) is 2.25. The van der Waals surface area contributed by atoms with Crippen LogP contribution in [0, 0.1) is 13.8 Å². The second kappa shape index (κ2) is 3.31. The van der Waals surface area contributed by atoms with E-state index in [0.29, 0.717) is 5.69 Å². The molecule has 0 aliphatic heterocycles. The number of hydrogen-bond donors (Lipinski definition) is 2. The van der Waals surface area contributed by atoms with Crippen LogP contribution in [0.15, 0.2) is 22.7 Å². The van der Waals surface area contributed by atoms with Crippen LogP contribution in [0.5, 0.6) is 5.75 Å². The zero-order valence-electron chi connectivity index (χ0n) is 8.61. The number of hydrogen-bond acceptors (Lipinski definition) is 4. The van der Waals surface area contributed by atoms with Gasteiger partial charge in [-0.25, -0.2) is 0 Å². The van der Waals surface area contributed by atoms with Gasteiger partial charge in [-0.2, -0.15) is 0 Å². The van der Waals surface area contributed by atoms with E-state index >= 15 is 0 Å². The van der Waals surface area contributed by atoms with Gasteiger partial charge in [-0.15, -0.1) is 0 Å². The molecule has 0 atom stereocenters. The van der Waals surface area contributed by atoms with Crippen LogP contribution in [-0.4, -0.2) is 10.3 Å². The largest absolute Gasteiger partial charge is 0.508 e. The third kappa shape index (κ3) is 1.66. The molecule has 1 aromatic heterocycles. The van der Waals surface area contributed by atoms with Gasteiger partial charge in [0.05, 0.1) is 0 Å². The third-order valence-electron chi connectivity index (χ3n) is 2.30. The summed E-state index contributed by atoms with van der Waals surface area (Å²) in [5.41, 5.74) is 9.01. The van der Waals surface area contributed by atoms with Gasteiger partial charge in [0.25, 0.3) is 0 Å². The SMILES string of the molecule is Cc1cc(O)cc(C)c1-c1cc(N)on1. The highest BCUT2D eigenvalue weighted by atomic mass is 16.5. The van der Waals surface area contributed by atoms with Crippen LogP contribution in [-0.2, 0) is 0 Å². The summed E-state index contributed by atoms with van der Waals surface area (Å²) in [6.45, 7) is 3.82. The van der Waals surface area contributed by atoms with E-state index in [4.69, 9.17) is 10.3 Å². The zero-order chi connectivity index (χ0) is 11.0. The van der Waals surface area contributed by atoms with Crippen LogP contribution in [0.25, 0.3) is 11.3 Å². The molecule has 0 aliphatic rings. The summed E-state index contributed by atoms with van der Waals surface area (Å²) in [4.78, 5) is 0. The van der Waals surface area contributed by atoms with Gasteiger partial charge in [-0.05, 0) is 37.1 Å². The van der Waals surface area contributed by atoms with Crippen molar-refractivity contribution in [2.24, 2.45) is 0 Å². The minimum Gasteiger partial charge on any atom is -0.508 e. The Kier molecular flexibility index (Phi) is 2.11. The standard InChI is InChI=1S/C11H12N2O2/c1-6-3-8(14)4-7(2)11(6)9-5-10(12)15-13-9/h3-5,14H,12H2,1-2H3. The fourth-order valence-electron chi connectivity index (χ4n) is 1.75. The quantitative estimate of drug-likeness (QED) is 0.747. The lowest BCUT2D eigenvalue weighted by Gasteiger charge is -2.06. The van der Waals surface area contributed by atoms with Gasteiger partial charge in [-0.3, -0.25) is 0 Å². The fraction of sp³-hybridized carbons (Fsp3) is 0.182. The average molecular weight is 204 g/mol. The molecular weight excluding hydrogens is 192 g/mol. The highest BCUT2D eigenvalue weighted by molar-refractivity contribution is 5.69. The van der Waals surface area contributed by atoms with Crippen LogP contribution in [0.2, 0.25) is 0 Å². The lowest BCUT2D eigenvalue weighted by Crippen LogP contribution is -1.88. The number of nitrogens with two attached hydrogens (primary N) is 1. The van der Waals surface area contributed by atoms with Gasteiger partial charge in [0.1, 0.15) is 11.4 Å². The molecule has 1 aromatic carbocycles. The molecule has 15 heavy (non-hydrogen) atoms. The summed E-state index contributed by atoms with van der Waals surface area (Å²) >= 11 is 0. The van der Waals surface area contributed by atoms with Gasteiger partial charge in [-0.1, -0.05) is 5.16 Å². The van der Waals surface area contributed by atoms with Gasteiger partial charge < -0.3 is 15.4 Å². The highest BCUT2D eigenvalue weighted by Gasteiger charge is 2.11. The maximum Gasteiger partial charge on any atom is 0.222 e. The van der Waals surface area contributed by atoms with Crippen LogP contribution < -0.4 is 5.73 Å². The Bertz CT molecular complexity index is 480. The van der Waals surface area contributed by atoms with E-state index in [1.54, 1.807) is 18.2 Å². The first kappa shape index (κ1) is 9.58. The van der Waals surface area contributed by atoms with Crippen LogP contribution >= 0.6 is 0 Å². The zero-order valence-corrected chi connectivity index (χ0v) is 8.61. The summed E-state index contributed by atoms with van der Waals surface area (Å²) in [6, 6.07) is 5.05. The number of phenols is 1. The van der Waals surface area contributed by atoms with E-state index in [1.165, 1.54) is 0 Å². The molecule has 0 aliphatic carbocycles. The number of benzene rings is 1. The Labute approximate surface area is 87.3 Å². The van der Waals surface area contributed by atoms with E-state index in [1.807, 2.05) is 13.8 Å². The first-order chi connectivity index (χ1) is 7.08. The number of nitrogen functional groups attached to an aromatic ring is 1. The molecule has 3 N–H and O–H groups in total. The van der Waals surface area contributed by atoms with Crippen LogP contribution in [0.3, 0.4) is 0 Å². The lowest BCUT2D eigenvalue weighted by atomic mass is 10.00. The molecule has 2 rings (SSSR count). The van der Waals surface area contributed by atoms with Crippen molar-refractivity contribution in [1.29, 1.82) is 0 Å². The fourth-order valence-corrected chi connectivity index (χ4v) is 1.75. The topological polar surface area (TPSA) is 72.3 Å². The molecule has 0 radical (unpaired) electrons. The minimum atomic E-state index is 0.255. The number of aromatic hydroxyl groups is 1. The maximum atomic E-state index is 9.40. The molecule has 0 amide bonds. The molecule has 0 unspecified atom stereocenters. The van der Waals surface area contributed by atoms with Crippen molar-refractivity contribution in [2.45, 2.75) is 13.8 Å². The predicted molar refractivity (Wildman–Crippen MR) is 57.5 cm³/mol. The first-order valence-corrected chi connectivity index (χ1v) is 4.60. The Hall–Kier alpha value is -1.97. The summed E-state index contributed by atoms with van der Waals surface area (Å²) in [5, 5.41) is 13.3. The molecule has 0 saturated heterocycles. The van der Waals surface area contributed by atoms with E-state index in [0.717, 1.165) is 16.7 Å². The van der Waals surface area contributed by atoms with Gasteiger partial charge in [0.15, 0.2) is 0 Å². The highest BCUT2D eigenvalue weighted by Crippen LogP contribution is 2.30. The van der Waals surface area contributed by atoms with Gasteiger partial charge >= 0.3 is 0 Å². The average Bonchev–Trinajstić information content (AvgIpc) is 2.49. The maximum absolute atomic E-state index is 9.40. The molecule has 4 nitrogen and oxygen atoms in total.